The molecule has 2 rings (SSSR count). The first-order valence-electron chi connectivity index (χ1n) is 5.11. The van der Waals surface area contributed by atoms with Crippen molar-refractivity contribution in [1.29, 1.82) is 0 Å². The topological polar surface area (TPSA) is 26.0 Å². The Morgan fingerprint density at radius 2 is 1.88 bits per heavy atom. The summed E-state index contributed by atoms with van der Waals surface area (Å²) in [6.07, 6.45) is 0. The van der Waals surface area contributed by atoms with E-state index in [1.165, 1.54) is 17.8 Å². The quantitative estimate of drug-likeness (QED) is 0.906. The van der Waals surface area contributed by atoms with Gasteiger partial charge in [0, 0.05) is 21.4 Å². The van der Waals surface area contributed by atoms with Gasteiger partial charge in [0.2, 0.25) is 0 Å². The van der Waals surface area contributed by atoms with Gasteiger partial charge in [-0.2, -0.15) is 0 Å². The van der Waals surface area contributed by atoms with Crippen molar-refractivity contribution >= 4 is 23.4 Å². The van der Waals surface area contributed by atoms with E-state index in [0.29, 0.717) is 16.5 Å². The van der Waals surface area contributed by atoms with Crippen LogP contribution in [0.4, 0.5) is 4.39 Å². The Hall–Kier alpha value is -1.03. The van der Waals surface area contributed by atoms with Gasteiger partial charge in [-0.1, -0.05) is 35.5 Å². The van der Waals surface area contributed by atoms with Crippen LogP contribution < -0.4 is 5.73 Å². The van der Waals surface area contributed by atoms with Gasteiger partial charge in [0.05, 0.1) is 0 Å². The molecule has 17 heavy (non-hydrogen) atoms. The Morgan fingerprint density at radius 1 is 1.12 bits per heavy atom. The molecule has 0 amide bonds. The molecular weight excluding hydrogens is 257 g/mol. The van der Waals surface area contributed by atoms with Crippen LogP contribution in [-0.2, 0) is 6.54 Å². The zero-order valence-electron chi connectivity index (χ0n) is 8.99. The fourth-order valence-corrected chi connectivity index (χ4v) is 2.61. The van der Waals surface area contributed by atoms with Crippen LogP contribution in [0.1, 0.15) is 5.56 Å². The van der Waals surface area contributed by atoms with E-state index in [-0.39, 0.29) is 5.82 Å². The fourth-order valence-electron chi connectivity index (χ4n) is 1.45. The Bertz CT molecular complexity index is 531. The minimum atomic E-state index is -0.226. The van der Waals surface area contributed by atoms with Crippen molar-refractivity contribution in [1.82, 2.24) is 0 Å². The lowest BCUT2D eigenvalue weighted by Gasteiger charge is -2.08. The third-order valence-corrected chi connectivity index (χ3v) is 3.70. The van der Waals surface area contributed by atoms with Gasteiger partial charge in [-0.05, 0) is 35.9 Å². The minimum absolute atomic E-state index is 0.226. The Labute approximate surface area is 109 Å². The van der Waals surface area contributed by atoms with Crippen LogP contribution in [0.3, 0.4) is 0 Å². The lowest BCUT2D eigenvalue weighted by Crippen LogP contribution is -1.98. The standard InChI is InChI=1S/C13H11ClFNS/c14-10-5-6-12(9(7-10)8-16)17-13-4-2-1-3-11(13)15/h1-7H,8,16H2. The summed E-state index contributed by atoms with van der Waals surface area (Å²) in [6.45, 7) is 0.386. The van der Waals surface area contributed by atoms with Gasteiger partial charge in [-0.15, -0.1) is 0 Å². The molecule has 0 fully saturated rings. The van der Waals surface area contributed by atoms with Crippen LogP contribution in [0, 0.1) is 5.82 Å². The molecule has 0 aliphatic carbocycles. The number of rotatable bonds is 3. The predicted octanol–water partition coefficient (Wildman–Crippen LogP) is 4.09. The van der Waals surface area contributed by atoms with Crippen molar-refractivity contribution < 1.29 is 4.39 Å². The van der Waals surface area contributed by atoms with Crippen LogP contribution in [0.2, 0.25) is 5.02 Å². The Balaban J connectivity index is 2.33. The molecule has 0 atom stereocenters. The van der Waals surface area contributed by atoms with Crippen LogP contribution >= 0.6 is 23.4 Å². The summed E-state index contributed by atoms with van der Waals surface area (Å²) in [5, 5.41) is 0.642. The molecule has 2 aromatic rings. The largest absolute Gasteiger partial charge is 0.326 e. The van der Waals surface area contributed by atoms with Crippen LogP contribution in [-0.4, -0.2) is 0 Å². The predicted molar refractivity (Wildman–Crippen MR) is 69.9 cm³/mol. The van der Waals surface area contributed by atoms with Gasteiger partial charge in [0.25, 0.3) is 0 Å². The average molecular weight is 268 g/mol. The van der Waals surface area contributed by atoms with E-state index in [1.54, 1.807) is 18.2 Å². The summed E-state index contributed by atoms with van der Waals surface area (Å²) in [5.74, 6) is -0.226. The molecule has 0 unspecified atom stereocenters. The molecule has 0 spiro atoms. The summed E-state index contributed by atoms with van der Waals surface area (Å²) >= 11 is 7.25. The van der Waals surface area contributed by atoms with Crippen LogP contribution in [0.15, 0.2) is 52.3 Å². The van der Waals surface area contributed by atoms with E-state index < -0.39 is 0 Å². The number of benzene rings is 2. The van der Waals surface area contributed by atoms with Gasteiger partial charge < -0.3 is 5.73 Å². The van der Waals surface area contributed by atoms with E-state index in [4.69, 9.17) is 17.3 Å². The molecule has 0 aliphatic heterocycles. The van der Waals surface area contributed by atoms with E-state index in [2.05, 4.69) is 0 Å². The molecule has 0 saturated heterocycles. The summed E-state index contributed by atoms with van der Waals surface area (Å²) < 4.78 is 13.5. The van der Waals surface area contributed by atoms with Crippen LogP contribution in [0.25, 0.3) is 0 Å². The third-order valence-electron chi connectivity index (χ3n) is 2.30. The second-order valence-electron chi connectivity index (χ2n) is 3.49. The first-order valence-corrected chi connectivity index (χ1v) is 6.31. The highest BCUT2D eigenvalue weighted by molar-refractivity contribution is 7.99. The van der Waals surface area contributed by atoms with Crippen molar-refractivity contribution in [2.24, 2.45) is 5.73 Å². The van der Waals surface area contributed by atoms with E-state index in [1.807, 2.05) is 18.2 Å². The number of hydrogen-bond donors (Lipinski definition) is 1. The summed E-state index contributed by atoms with van der Waals surface area (Å²) in [5.41, 5.74) is 6.57. The zero-order chi connectivity index (χ0) is 12.3. The molecule has 88 valence electrons. The van der Waals surface area contributed by atoms with Gasteiger partial charge in [0.15, 0.2) is 0 Å². The van der Waals surface area contributed by atoms with Gasteiger partial charge in [-0.3, -0.25) is 0 Å². The first-order chi connectivity index (χ1) is 8.20. The highest BCUT2D eigenvalue weighted by atomic mass is 35.5. The van der Waals surface area contributed by atoms with Crippen molar-refractivity contribution in [2.45, 2.75) is 16.3 Å². The average Bonchev–Trinajstić information content (AvgIpc) is 2.34. The zero-order valence-corrected chi connectivity index (χ0v) is 10.6. The summed E-state index contributed by atoms with van der Waals surface area (Å²) in [6, 6.07) is 12.1. The lowest BCUT2D eigenvalue weighted by atomic mass is 10.2. The SMILES string of the molecule is NCc1cc(Cl)ccc1Sc1ccccc1F. The highest BCUT2D eigenvalue weighted by Gasteiger charge is 2.07. The number of hydrogen-bond acceptors (Lipinski definition) is 2. The van der Waals surface area contributed by atoms with Crippen LogP contribution in [0.5, 0.6) is 0 Å². The molecule has 1 nitrogen and oxygen atoms in total. The Kier molecular flexibility index (Phi) is 4.05. The summed E-state index contributed by atoms with van der Waals surface area (Å²) in [4.78, 5) is 1.52. The second-order valence-corrected chi connectivity index (χ2v) is 5.01. The van der Waals surface area contributed by atoms with E-state index in [0.717, 1.165) is 10.5 Å². The van der Waals surface area contributed by atoms with E-state index >= 15 is 0 Å². The molecule has 2 N–H and O–H groups in total. The van der Waals surface area contributed by atoms with Crippen molar-refractivity contribution in [3.8, 4) is 0 Å². The molecule has 0 aromatic heterocycles. The van der Waals surface area contributed by atoms with E-state index in [9.17, 15) is 4.39 Å². The number of halogens is 2. The highest BCUT2D eigenvalue weighted by Crippen LogP contribution is 2.33. The molecule has 0 heterocycles. The smallest absolute Gasteiger partial charge is 0.137 e. The lowest BCUT2D eigenvalue weighted by molar-refractivity contribution is 0.602. The minimum Gasteiger partial charge on any atom is -0.326 e. The molecule has 0 radical (unpaired) electrons. The van der Waals surface area contributed by atoms with Crippen molar-refractivity contribution in [2.75, 3.05) is 0 Å². The maximum absolute atomic E-state index is 13.5. The molecule has 0 bridgehead atoms. The van der Waals surface area contributed by atoms with Crippen molar-refractivity contribution in [3.63, 3.8) is 0 Å². The van der Waals surface area contributed by atoms with Gasteiger partial charge >= 0.3 is 0 Å². The number of nitrogens with two attached hydrogens (primary N) is 1. The monoisotopic (exact) mass is 267 g/mol. The maximum atomic E-state index is 13.5. The normalized spacial score (nSPS) is 10.5. The van der Waals surface area contributed by atoms with Crippen molar-refractivity contribution in [3.05, 3.63) is 58.9 Å². The van der Waals surface area contributed by atoms with Gasteiger partial charge in [0.1, 0.15) is 5.82 Å². The molecule has 4 heteroatoms. The Morgan fingerprint density at radius 3 is 2.59 bits per heavy atom. The maximum Gasteiger partial charge on any atom is 0.137 e. The first kappa shape index (κ1) is 12.4. The third kappa shape index (κ3) is 3.00. The molecule has 0 aliphatic rings. The second kappa shape index (κ2) is 5.54. The fraction of sp³-hybridized carbons (Fsp3) is 0.0769. The molecule has 2 aromatic carbocycles. The summed E-state index contributed by atoms with van der Waals surface area (Å²) in [7, 11) is 0. The molecule has 0 saturated carbocycles. The molecular formula is C13H11ClFNS. The van der Waals surface area contributed by atoms with Gasteiger partial charge in [-0.25, -0.2) is 4.39 Å².